The van der Waals surface area contributed by atoms with Crippen molar-refractivity contribution in [3.05, 3.63) is 54.4 Å². The van der Waals surface area contributed by atoms with Crippen molar-refractivity contribution in [1.82, 2.24) is 14.9 Å². The highest BCUT2D eigenvalue weighted by molar-refractivity contribution is 5.79. The second-order valence-corrected chi connectivity index (χ2v) is 6.33. The molecule has 1 fully saturated rings. The Morgan fingerprint density at radius 3 is 2.50 bits per heavy atom. The standard InChI is InChI=1S/C20H21N3O3/c1-2-25-15-7-9-16(10-8-15)26-13-19(24)23-11-14(12-23)20-21-17-5-3-4-6-18(17)22-20/h3-10,14H,2,11-13H2,1H3,(H,21,22). The van der Waals surface area contributed by atoms with Crippen LogP contribution in [0.2, 0.25) is 0 Å². The van der Waals surface area contributed by atoms with Gasteiger partial charge in [-0.1, -0.05) is 12.1 Å². The molecule has 2 heterocycles. The summed E-state index contributed by atoms with van der Waals surface area (Å²) in [7, 11) is 0. The number of rotatable bonds is 6. The van der Waals surface area contributed by atoms with Crippen LogP contribution >= 0.6 is 0 Å². The number of likely N-dealkylation sites (tertiary alicyclic amines) is 1. The van der Waals surface area contributed by atoms with E-state index in [9.17, 15) is 4.79 Å². The molecule has 4 rings (SSSR count). The van der Waals surface area contributed by atoms with E-state index in [2.05, 4.69) is 9.97 Å². The Morgan fingerprint density at radius 1 is 1.12 bits per heavy atom. The fourth-order valence-corrected chi connectivity index (χ4v) is 3.06. The van der Waals surface area contributed by atoms with Crippen molar-refractivity contribution in [1.29, 1.82) is 0 Å². The third kappa shape index (κ3) is 3.35. The third-order valence-corrected chi connectivity index (χ3v) is 4.53. The molecule has 2 aromatic carbocycles. The zero-order chi connectivity index (χ0) is 17.9. The average molecular weight is 351 g/mol. The quantitative estimate of drug-likeness (QED) is 0.741. The van der Waals surface area contributed by atoms with Crippen LogP contribution in [-0.2, 0) is 4.79 Å². The number of aromatic amines is 1. The minimum absolute atomic E-state index is 0.00811. The lowest BCUT2D eigenvalue weighted by molar-refractivity contribution is -0.137. The fourth-order valence-electron chi connectivity index (χ4n) is 3.06. The van der Waals surface area contributed by atoms with Gasteiger partial charge in [0.05, 0.1) is 23.6 Å². The van der Waals surface area contributed by atoms with Crippen LogP contribution in [0.25, 0.3) is 11.0 Å². The lowest BCUT2D eigenvalue weighted by atomic mass is 9.99. The molecule has 1 aromatic heterocycles. The first-order valence-corrected chi connectivity index (χ1v) is 8.81. The summed E-state index contributed by atoms with van der Waals surface area (Å²) in [5.41, 5.74) is 2.00. The molecule has 0 saturated carbocycles. The Labute approximate surface area is 151 Å². The zero-order valence-corrected chi connectivity index (χ0v) is 14.6. The van der Waals surface area contributed by atoms with E-state index >= 15 is 0 Å². The third-order valence-electron chi connectivity index (χ3n) is 4.53. The van der Waals surface area contributed by atoms with Crippen molar-refractivity contribution in [2.75, 3.05) is 26.3 Å². The van der Waals surface area contributed by atoms with Gasteiger partial charge in [-0.05, 0) is 43.3 Å². The molecule has 0 unspecified atom stereocenters. The highest BCUT2D eigenvalue weighted by atomic mass is 16.5. The van der Waals surface area contributed by atoms with Crippen LogP contribution in [-0.4, -0.2) is 47.1 Å². The van der Waals surface area contributed by atoms with Gasteiger partial charge in [0.2, 0.25) is 0 Å². The first kappa shape index (κ1) is 16.4. The molecule has 134 valence electrons. The molecule has 0 spiro atoms. The Kier molecular flexibility index (Phi) is 4.48. The number of H-pyrrole nitrogens is 1. The van der Waals surface area contributed by atoms with E-state index in [1.165, 1.54) is 0 Å². The minimum Gasteiger partial charge on any atom is -0.494 e. The second kappa shape index (κ2) is 7.07. The number of imidazole rings is 1. The summed E-state index contributed by atoms with van der Waals surface area (Å²) < 4.78 is 11.0. The van der Waals surface area contributed by atoms with Crippen molar-refractivity contribution in [3.8, 4) is 11.5 Å². The summed E-state index contributed by atoms with van der Waals surface area (Å²) >= 11 is 0. The molecule has 1 aliphatic rings. The number of hydrogen-bond acceptors (Lipinski definition) is 4. The lowest BCUT2D eigenvalue weighted by Gasteiger charge is -2.38. The van der Waals surface area contributed by atoms with Gasteiger partial charge in [-0.2, -0.15) is 0 Å². The van der Waals surface area contributed by atoms with E-state index in [4.69, 9.17) is 9.47 Å². The van der Waals surface area contributed by atoms with Gasteiger partial charge in [-0.15, -0.1) is 0 Å². The number of aromatic nitrogens is 2. The number of fused-ring (bicyclic) bond motifs is 1. The van der Waals surface area contributed by atoms with Crippen LogP contribution in [0.3, 0.4) is 0 Å². The van der Waals surface area contributed by atoms with Crippen molar-refractivity contribution in [2.24, 2.45) is 0 Å². The fraction of sp³-hybridized carbons (Fsp3) is 0.300. The maximum Gasteiger partial charge on any atom is 0.260 e. The first-order chi connectivity index (χ1) is 12.7. The van der Waals surface area contributed by atoms with Crippen LogP contribution in [0.1, 0.15) is 18.7 Å². The predicted octanol–water partition coefficient (Wildman–Crippen LogP) is 2.97. The van der Waals surface area contributed by atoms with Crippen LogP contribution in [0, 0.1) is 0 Å². The number of nitrogens with one attached hydrogen (secondary N) is 1. The van der Waals surface area contributed by atoms with E-state index < -0.39 is 0 Å². The van der Waals surface area contributed by atoms with Gasteiger partial charge < -0.3 is 19.4 Å². The second-order valence-electron chi connectivity index (χ2n) is 6.33. The largest absolute Gasteiger partial charge is 0.494 e. The number of amides is 1. The van der Waals surface area contributed by atoms with Gasteiger partial charge in [-0.25, -0.2) is 4.98 Å². The van der Waals surface area contributed by atoms with Gasteiger partial charge in [0, 0.05) is 13.1 Å². The molecule has 0 aliphatic carbocycles. The number of benzene rings is 2. The number of carbonyl (C=O) groups excluding carboxylic acids is 1. The molecule has 1 N–H and O–H groups in total. The van der Waals surface area contributed by atoms with Crippen LogP contribution in [0.15, 0.2) is 48.5 Å². The van der Waals surface area contributed by atoms with E-state index in [-0.39, 0.29) is 18.4 Å². The van der Waals surface area contributed by atoms with Crippen molar-refractivity contribution < 1.29 is 14.3 Å². The zero-order valence-electron chi connectivity index (χ0n) is 14.6. The Hall–Kier alpha value is -3.02. The summed E-state index contributed by atoms with van der Waals surface area (Å²) in [6.45, 7) is 3.95. The number of hydrogen-bond donors (Lipinski definition) is 1. The summed E-state index contributed by atoms with van der Waals surface area (Å²) in [5.74, 6) is 2.66. The van der Waals surface area contributed by atoms with Gasteiger partial charge in [0.25, 0.3) is 5.91 Å². The maximum absolute atomic E-state index is 12.3. The molecule has 0 radical (unpaired) electrons. The molecule has 1 amide bonds. The molecular formula is C20H21N3O3. The molecule has 1 saturated heterocycles. The molecule has 1 aliphatic heterocycles. The highest BCUT2D eigenvalue weighted by Crippen LogP contribution is 2.27. The van der Waals surface area contributed by atoms with Gasteiger partial charge in [-0.3, -0.25) is 4.79 Å². The van der Waals surface area contributed by atoms with E-state index in [1.807, 2.05) is 55.5 Å². The van der Waals surface area contributed by atoms with E-state index in [1.54, 1.807) is 4.90 Å². The molecule has 0 bridgehead atoms. The smallest absolute Gasteiger partial charge is 0.260 e. The average Bonchev–Trinajstić information content (AvgIpc) is 3.03. The molecular weight excluding hydrogens is 330 g/mol. The molecule has 6 nitrogen and oxygen atoms in total. The Morgan fingerprint density at radius 2 is 1.81 bits per heavy atom. The summed E-state index contributed by atoms with van der Waals surface area (Å²) in [5, 5.41) is 0. The molecule has 0 atom stereocenters. The summed E-state index contributed by atoms with van der Waals surface area (Å²) in [6.07, 6.45) is 0. The van der Waals surface area contributed by atoms with E-state index in [0.29, 0.717) is 25.4 Å². The van der Waals surface area contributed by atoms with E-state index in [0.717, 1.165) is 22.6 Å². The maximum atomic E-state index is 12.3. The SMILES string of the molecule is CCOc1ccc(OCC(=O)N2CC(c3nc4ccccc4[nH]3)C2)cc1. The first-order valence-electron chi connectivity index (χ1n) is 8.81. The minimum atomic E-state index is -0.00811. The Balaban J connectivity index is 1.27. The molecule has 6 heteroatoms. The van der Waals surface area contributed by atoms with Crippen LogP contribution < -0.4 is 9.47 Å². The number of para-hydroxylation sites is 2. The lowest BCUT2D eigenvalue weighted by Crippen LogP contribution is -2.50. The highest BCUT2D eigenvalue weighted by Gasteiger charge is 2.33. The van der Waals surface area contributed by atoms with Gasteiger partial charge in [0.15, 0.2) is 6.61 Å². The van der Waals surface area contributed by atoms with Crippen molar-refractivity contribution in [3.63, 3.8) is 0 Å². The van der Waals surface area contributed by atoms with Crippen LogP contribution in [0.5, 0.6) is 11.5 Å². The summed E-state index contributed by atoms with van der Waals surface area (Å²) in [6, 6.07) is 15.3. The van der Waals surface area contributed by atoms with Crippen molar-refractivity contribution >= 4 is 16.9 Å². The number of nitrogens with zero attached hydrogens (tertiary/aromatic N) is 2. The topological polar surface area (TPSA) is 67.5 Å². The van der Waals surface area contributed by atoms with Crippen molar-refractivity contribution in [2.45, 2.75) is 12.8 Å². The normalized spacial score (nSPS) is 14.3. The molecule has 26 heavy (non-hydrogen) atoms. The summed E-state index contributed by atoms with van der Waals surface area (Å²) in [4.78, 5) is 22.0. The van der Waals surface area contributed by atoms with Gasteiger partial charge >= 0.3 is 0 Å². The monoisotopic (exact) mass is 351 g/mol. The van der Waals surface area contributed by atoms with Crippen LogP contribution in [0.4, 0.5) is 0 Å². The Bertz CT molecular complexity index is 865. The molecule has 3 aromatic rings. The number of carbonyl (C=O) groups is 1. The van der Waals surface area contributed by atoms with Gasteiger partial charge in [0.1, 0.15) is 17.3 Å². The number of ether oxygens (including phenoxy) is 2. The predicted molar refractivity (Wildman–Crippen MR) is 98.5 cm³/mol.